The molecule has 0 radical (unpaired) electrons. The summed E-state index contributed by atoms with van der Waals surface area (Å²) in [4.78, 5) is 26.7. The van der Waals surface area contributed by atoms with E-state index in [0.29, 0.717) is 17.2 Å². The SMILES string of the molecule is Cc1ccc2c(c1)C(=O)N([C@H]1CC[C@H](OCC3CC3)CC1)C2=O. The van der Waals surface area contributed by atoms with Crippen molar-refractivity contribution in [3.05, 3.63) is 34.9 Å². The molecule has 4 rings (SSSR count). The smallest absolute Gasteiger partial charge is 0.261 e. The number of imide groups is 1. The lowest BCUT2D eigenvalue weighted by atomic mass is 9.92. The number of rotatable bonds is 4. The molecular formula is C19H23NO3. The molecule has 1 aromatic carbocycles. The summed E-state index contributed by atoms with van der Waals surface area (Å²) in [7, 11) is 0. The van der Waals surface area contributed by atoms with Gasteiger partial charge in [-0.15, -0.1) is 0 Å². The van der Waals surface area contributed by atoms with E-state index in [-0.39, 0.29) is 17.9 Å². The fourth-order valence-electron chi connectivity index (χ4n) is 3.73. The van der Waals surface area contributed by atoms with Gasteiger partial charge in [0.25, 0.3) is 11.8 Å². The number of fused-ring (bicyclic) bond motifs is 1. The summed E-state index contributed by atoms with van der Waals surface area (Å²) in [6, 6.07) is 5.55. The molecule has 0 aromatic heterocycles. The first-order valence-corrected chi connectivity index (χ1v) is 8.73. The van der Waals surface area contributed by atoms with Crippen molar-refractivity contribution >= 4 is 11.8 Å². The van der Waals surface area contributed by atoms with Crippen LogP contribution in [-0.2, 0) is 4.74 Å². The maximum Gasteiger partial charge on any atom is 0.261 e. The van der Waals surface area contributed by atoms with Crippen molar-refractivity contribution in [2.45, 2.75) is 57.6 Å². The number of hydrogen-bond donors (Lipinski definition) is 0. The number of aryl methyl sites for hydroxylation is 1. The highest BCUT2D eigenvalue weighted by Gasteiger charge is 2.41. The highest BCUT2D eigenvalue weighted by atomic mass is 16.5. The molecule has 0 bridgehead atoms. The van der Waals surface area contributed by atoms with Crippen LogP contribution in [0.2, 0.25) is 0 Å². The quantitative estimate of drug-likeness (QED) is 0.801. The molecule has 1 aromatic rings. The number of carbonyl (C=O) groups excluding carboxylic acids is 2. The molecule has 2 fully saturated rings. The van der Waals surface area contributed by atoms with E-state index >= 15 is 0 Å². The van der Waals surface area contributed by atoms with Gasteiger partial charge in [0.05, 0.1) is 17.2 Å². The van der Waals surface area contributed by atoms with Gasteiger partial charge in [-0.2, -0.15) is 0 Å². The molecule has 122 valence electrons. The van der Waals surface area contributed by atoms with Crippen molar-refractivity contribution in [2.24, 2.45) is 5.92 Å². The van der Waals surface area contributed by atoms with E-state index in [4.69, 9.17) is 4.74 Å². The van der Waals surface area contributed by atoms with E-state index in [1.807, 2.05) is 19.1 Å². The lowest BCUT2D eigenvalue weighted by Crippen LogP contribution is -2.43. The van der Waals surface area contributed by atoms with Gasteiger partial charge in [0.15, 0.2) is 0 Å². The van der Waals surface area contributed by atoms with Gasteiger partial charge in [-0.1, -0.05) is 11.6 Å². The van der Waals surface area contributed by atoms with Crippen molar-refractivity contribution in [3.63, 3.8) is 0 Å². The van der Waals surface area contributed by atoms with E-state index in [9.17, 15) is 9.59 Å². The van der Waals surface area contributed by atoms with Crippen molar-refractivity contribution in [1.82, 2.24) is 4.90 Å². The second-order valence-electron chi connectivity index (χ2n) is 7.24. The van der Waals surface area contributed by atoms with Gasteiger partial charge >= 0.3 is 0 Å². The predicted molar refractivity (Wildman–Crippen MR) is 86.4 cm³/mol. The average Bonchev–Trinajstić information content (AvgIpc) is 3.34. The first-order valence-electron chi connectivity index (χ1n) is 8.73. The van der Waals surface area contributed by atoms with E-state index in [1.54, 1.807) is 6.07 Å². The number of ether oxygens (including phenoxy) is 1. The summed E-state index contributed by atoms with van der Waals surface area (Å²) in [5.74, 6) is 0.551. The van der Waals surface area contributed by atoms with Crippen LogP contribution in [0.1, 0.15) is 64.8 Å². The molecule has 0 saturated heterocycles. The van der Waals surface area contributed by atoms with Crippen LogP contribution in [0.5, 0.6) is 0 Å². The number of benzene rings is 1. The molecule has 23 heavy (non-hydrogen) atoms. The van der Waals surface area contributed by atoms with Crippen LogP contribution in [0.3, 0.4) is 0 Å². The number of hydrogen-bond acceptors (Lipinski definition) is 3. The van der Waals surface area contributed by atoms with Crippen LogP contribution < -0.4 is 0 Å². The molecular weight excluding hydrogens is 290 g/mol. The van der Waals surface area contributed by atoms with Gasteiger partial charge in [0.2, 0.25) is 0 Å². The molecule has 0 unspecified atom stereocenters. The molecule has 2 amide bonds. The molecule has 4 nitrogen and oxygen atoms in total. The van der Waals surface area contributed by atoms with E-state index in [0.717, 1.165) is 43.8 Å². The van der Waals surface area contributed by atoms with E-state index in [2.05, 4.69) is 0 Å². The largest absolute Gasteiger partial charge is 0.378 e. The van der Waals surface area contributed by atoms with Crippen molar-refractivity contribution in [3.8, 4) is 0 Å². The van der Waals surface area contributed by atoms with Gasteiger partial charge < -0.3 is 4.74 Å². The van der Waals surface area contributed by atoms with Gasteiger partial charge in [0.1, 0.15) is 0 Å². The lowest BCUT2D eigenvalue weighted by Gasteiger charge is -2.33. The second-order valence-corrected chi connectivity index (χ2v) is 7.24. The molecule has 0 spiro atoms. The standard InChI is InChI=1S/C19H23NO3/c1-12-2-9-16-17(10-12)19(22)20(18(16)21)14-5-7-15(8-6-14)23-11-13-3-4-13/h2,9-10,13-15H,3-8,11H2,1H3/t14-,15-. The Balaban J connectivity index is 1.41. The van der Waals surface area contributed by atoms with Crippen LogP contribution in [-0.4, -0.2) is 35.5 Å². The van der Waals surface area contributed by atoms with Gasteiger partial charge in [-0.05, 0) is 63.5 Å². The molecule has 0 N–H and O–H groups in total. The summed E-state index contributed by atoms with van der Waals surface area (Å²) in [6.45, 7) is 2.84. The minimum absolute atomic E-state index is 0.0310. The molecule has 3 aliphatic rings. The highest BCUT2D eigenvalue weighted by molar-refractivity contribution is 6.21. The monoisotopic (exact) mass is 313 g/mol. The summed E-state index contributed by atoms with van der Waals surface area (Å²) >= 11 is 0. The first kappa shape index (κ1) is 14.9. The normalized spacial score (nSPS) is 27.4. The number of nitrogens with zero attached hydrogens (tertiary/aromatic N) is 1. The fraction of sp³-hybridized carbons (Fsp3) is 0.579. The molecule has 0 atom stereocenters. The van der Waals surface area contributed by atoms with Crippen LogP contribution in [0.4, 0.5) is 0 Å². The summed E-state index contributed by atoms with van der Waals surface area (Å²) in [5.41, 5.74) is 2.15. The Morgan fingerprint density at radius 3 is 2.39 bits per heavy atom. The Kier molecular flexibility index (Phi) is 3.72. The molecule has 2 aliphatic carbocycles. The fourth-order valence-corrected chi connectivity index (χ4v) is 3.73. The molecule has 1 aliphatic heterocycles. The predicted octanol–water partition coefficient (Wildman–Crippen LogP) is 3.33. The Hall–Kier alpha value is -1.68. The zero-order valence-corrected chi connectivity index (χ0v) is 13.6. The Labute approximate surface area is 136 Å². The minimum Gasteiger partial charge on any atom is -0.378 e. The zero-order valence-electron chi connectivity index (χ0n) is 13.6. The third-order valence-corrected chi connectivity index (χ3v) is 5.35. The van der Waals surface area contributed by atoms with Crippen LogP contribution in [0, 0.1) is 12.8 Å². The minimum atomic E-state index is -0.118. The van der Waals surface area contributed by atoms with Gasteiger partial charge in [-0.3, -0.25) is 14.5 Å². The lowest BCUT2D eigenvalue weighted by molar-refractivity contribution is 0.00492. The van der Waals surface area contributed by atoms with Gasteiger partial charge in [0, 0.05) is 12.6 Å². The Bertz CT molecular complexity index is 642. The Morgan fingerprint density at radius 2 is 1.70 bits per heavy atom. The first-order chi connectivity index (χ1) is 11.1. The third-order valence-electron chi connectivity index (χ3n) is 5.35. The molecule has 2 saturated carbocycles. The van der Waals surface area contributed by atoms with E-state index < -0.39 is 0 Å². The van der Waals surface area contributed by atoms with Crippen molar-refractivity contribution < 1.29 is 14.3 Å². The van der Waals surface area contributed by atoms with Crippen LogP contribution >= 0.6 is 0 Å². The van der Waals surface area contributed by atoms with Crippen molar-refractivity contribution in [2.75, 3.05) is 6.61 Å². The highest BCUT2D eigenvalue weighted by Crippen LogP contribution is 2.34. The summed E-state index contributed by atoms with van der Waals surface area (Å²) in [6.07, 6.45) is 6.55. The Morgan fingerprint density at radius 1 is 1.00 bits per heavy atom. The molecule has 1 heterocycles. The maximum absolute atomic E-state index is 12.6. The number of carbonyl (C=O) groups is 2. The number of amides is 2. The van der Waals surface area contributed by atoms with Crippen LogP contribution in [0.15, 0.2) is 18.2 Å². The summed E-state index contributed by atoms with van der Waals surface area (Å²) in [5, 5.41) is 0. The second kappa shape index (κ2) is 5.75. The van der Waals surface area contributed by atoms with E-state index in [1.165, 1.54) is 17.7 Å². The maximum atomic E-state index is 12.6. The summed E-state index contributed by atoms with van der Waals surface area (Å²) < 4.78 is 5.96. The topological polar surface area (TPSA) is 46.6 Å². The average molecular weight is 313 g/mol. The van der Waals surface area contributed by atoms with Gasteiger partial charge in [-0.25, -0.2) is 0 Å². The van der Waals surface area contributed by atoms with Crippen molar-refractivity contribution in [1.29, 1.82) is 0 Å². The van der Waals surface area contributed by atoms with Crippen LogP contribution in [0.25, 0.3) is 0 Å². The molecule has 4 heteroatoms. The zero-order chi connectivity index (χ0) is 16.0. The third kappa shape index (κ3) is 2.80.